The van der Waals surface area contributed by atoms with Gasteiger partial charge in [0.1, 0.15) is 5.82 Å². The average Bonchev–Trinajstić information content (AvgIpc) is 2.27. The molecule has 16 heavy (non-hydrogen) atoms. The van der Waals surface area contributed by atoms with E-state index in [1.54, 1.807) is 6.07 Å². The largest absolute Gasteiger partial charge is 0.326 e. The van der Waals surface area contributed by atoms with Crippen LogP contribution in [0.4, 0.5) is 4.39 Å². The van der Waals surface area contributed by atoms with E-state index in [4.69, 9.17) is 0 Å². The van der Waals surface area contributed by atoms with Gasteiger partial charge >= 0.3 is 0 Å². The molecule has 0 spiro atoms. The van der Waals surface area contributed by atoms with Crippen LogP contribution in [0.25, 0.3) is 10.8 Å². The molecule has 0 fully saturated rings. The van der Waals surface area contributed by atoms with Crippen molar-refractivity contribution >= 4 is 10.8 Å². The molecule has 0 amide bonds. The smallest absolute Gasteiger partial charge is 0.256 e. The minimum Gasteiger partial charge on any atom is -0.326 e. The number of hydrogen-bond donors (Lipinski definition) is 1. The molecule has 2 aromatic rings. The van der Waals surface area contributed by atoms with E-state index < -0.39 is 0 Å². The lowest BCUT2D eigenvalue weighted by molar-refractivity contribution is 0.629. The summed E-state index contributed by atoms with van der Waals surface area (Å²) in [6, 6.07) is 6.23. The highest BCUT2D eigenvalue weighted by molar-refractivity contribution is 5.81. The predicted octanol–water partition coefficient (Wildman–Crippen LogP) is 3.01. The first-order chi connectivity index (χ1) is 7.70. The van der Waals surface area contributed by atoms with Crippen molar-refractivity contribution in [3.63, 3.8) is 0 Å². The molecule has 0 aliphatic carbocycles. The molecule has 0 unspecified atom stereocenters. The highest BCUT2D eigenvalue weighted by Gasteiger charge is 2.03. The van der Waals surface area contributed by atoms with Gasteiger partial charge in [-0.1, -0.05) is 19.4 Å². The fraction of sp³-hybridized carbons (Fsp3) is 0.308. The van der Waals surface area contributed by atoms with Crippen molar-refractivity contribution in [2.75, 3.05) is 0 Å². The van der Waals surface area contributed by atoms with Crippen LogP contribution in [0, 0.1) is 5.82 Å². The third-order valence-corrected chi connectivity index (χ3v) is 2.66. The Morgan fingerprint density at radius 1 is 1.31 bits per heavy atom. The molecule has 84 valence electrons. The van der Waals surface area contributed by atoms with Crippen LogP contribution in [0.5, 0.6) is 0 Å². The molecule has 1 aromatic carbocycles. The predicted molar refractivity (Wildman–Crippen MR) is 63.1 cm³/mol. The van der Waals surface area contributed by atoms with Crippen molar-refractivity contribution < 1.29 is 4.39 Å². The first-order valence-electron chi connectivity index (χ1n) is 5.52. The zero-order valence-electron chi connectivity index (χ0n) is 9.22. The lowest BCUT2D eigenvalue weighted by Gasteiger charge is -2.03. The molecule has 1 heterocycles. The summed E-state index contributed by atoms with van der Waals surface area (Å²) >= 11 is 0. The quantitative estimate of drug-likeness (QED) is 0.845. The number of rotatable bonds is 3. The molecule has 1 N–H and O–H groups in total. The normalized spacial score (nSPS) is 10.9. The van der Waals surface area contributed by atoms with Crippen molar-refractivity contribution in [2.45, 2.75) is 26.2 Å². The third-order valence-electron chi connectivity index (χ3n) is 2.66. The zero-order chi connectivity index (χ0) is 11.5. The van der Waals surface area contributed by atoms with Crippen LogP contribution in [0.3, 0.4) is 0 Å². The Bertz CT molecular complexity index is 559. The van der Waals surface area contributed by atoms with E-state index in [2.05, 4.69) is 11.9 Å². The summed E-state index contributed by atoms with van der Waals surface area (Å²) in [4.78, 5) is 14.5. The number of halogens is 1. The fourth-order valence-corrected chi connectivity index (χ4v) is 1.79. The summed E-state index contributed by atoms with van der Waals surface area (Å²) in [5, 5.41) is 1.22. The number of nitrogens with one attached hydrogen (secondary N) is 1. The topological polar surface area (TPSA) is 32.9 Å². The van der Waals surface area contributed by atoms with Gasteiger partial charge < -0.3 is 4.98 Å². The van der Waals surface area contributed by atoms with E-state index >= 15 is 0 Å². The second kappa shape index (κ2) is 4.47. The van der Waals surface area contributed by atoms with Crippen LogP contribution >= 0.6 is 0 Å². The fourth-order valence-electron chi connectivity index (χ4n) is 1.79. The maximum absolute atomic E-state index is 13.0. The van der Waals surface area contributed by atoms with Gasteiger partial charge in [-0.3, -0.25) is 4.79 Å². The van der Waals surface area contributed by atoms with Gasteiger partial charge in [-0.15, -0.1) is 0 Å². The summed E-state index contributed by atoms with van der Waals surface area (Å²) in [6.45, 7) is 2.11. The Labute approximate surface area is 93.1 Å². The number of aromatic nitrogens is 1. The molecule has 0 atom stereocenters. The Morgan fingerprint density at radius 2 is 2.12 bits per heavy atom. The standard InChI is InChI=1S/C13H14FNO/c1-2-3-4-11-7-9-5-6-10(14)8-12(9)13(16)15-11/h5-8H,2-4H2,1H3,(H,15,16). The molecule has 1 aromatic heterocycles. The molecule has 2 rings (SSSR count). The van der Waals surface area contributed by atoms with Crippen LogP contribution in [-0.4, -0.2) is 4.98 Å². The second-order valence-corrected chi connectivity index (χ2v) is 3.96. The summed E-state index contributed by atoms with van der Waals surface area (Å²) in [6.07, 6.45) is 2.99. The van der Waals surface area contributed by atoms with Gasteiger partial charge in [0.2, 0.25) is 0 Å². The Morgan fingerprint density at radius 3 is 2.88 bits per heavy atom. The molecule has 2 nitrogen and oxygen atoms in total. The highest BCUT2D eigenvalue weighted by atomic mass is 19.1. The Balaban J connectivity index is 2.51. The molecule has 3 heteroatoms. The number of unbranched alkanes of at least 4 members (excludes halogenated alkanes) is 1. The number of benzene rings is 1. The van der Waals surface area contributed by atoms with E-state index in [9.17, 15) is 9.18 Å². The lowest BCUT2D eigenvalue weighted by Crippen LogP contribution is -2.09. The summed E-state index contributed by atoms with van der Waals surface area (Å²) in [5.74, 6) is -0.376. The second-order valence-electron chi connectivity index (χ2n) is 3.96. The number of pyridine rings is 1. The van der Waals surface area contributed by atoms with Crippen LogP contribution in [-0.2, 0) is 6.42 Å². The maximum atomic E-state index is 13.0. The summed E-state index contributed by atoms with van der Waals surface area (Å²) in [7, 11) is 0. The number of fused-ring (bicyclic) bond motifs is 1. The monoisotopic (exact) mass is 219 g/mol. The van der Waals surface area contributed by atoms with Gasteiger partial charge in [0.25, 0.3) is 5.56 Å². The maximum Gasteiger partial charge on any atom is 0.256 e. The average molecular weight is 219 g/mol. The van der Waals surface area contributed by atoms with Crippen molar-refractivity contribution in [3.8, 4) is 0 Å². The summed E-state index contributed by atoms with van der Waals surface area (Å²) < 4.78 is 13.0. The van der Waals surface area contributed by atoms with Crippen LogP contribution < -0.4 is 5.56 Å². The first kappa shape index (κ1) is 10.9. The number of H-pyrrole nitrogens is 1. The van der Waals surface area contributed by atoms with Crippen LogP contribution in [0.2, 0.25) is 0 Å². The van der Waals surface area contributed by atoms with E-state index in [1.807, 2.05) is 6.07 Å². The number of aryl methyl sites for hydroxylation is 1. The van der Waals surface area contributed by atoms with Gasteiger partial charge in [0.05, 0.1) is 0 Å². The molecular weight excluding hydrogens is 205 g/mol. The van der Waals surface area contributed by atoms with Gasteiger partial charge in [0.15, 0.2) is 0 Å². The highest BCUT2D eigenvalue weighted by Crippen LogP contribution is 2.13. The SMILES string of the molecule is CCCCc1cc2ccc(F)cc2c(=O)[nH]1. The van der Waals surface area contributed by atoms with Gasteiger partial charge in [-0.2, -0.15) is 0 Å². The van der Waals surface area contributed by atoms with Gasteiger partial charge in [-0.05, 0) is 36.4 Å². The van der Waals surface area contributed by atoms with Gasteiger partial charge in [0, 0.05) is 11.1 Å². The number of aromatic amines is 1. The molecule has 0 saturated heterocycles. The number of hydrogen-bond acceptors (Lipinski definition) is 1. The van der Waals surface area contributed by atoms with Crippen molar-refractivity contribution in [1.82, 2.24) is 4.98 Å². The third kappa shape index (κ3) is 2.13. The van der Waals surface area contributed by atoms with E-state index in [0.29, 0.717) is 5.39 Å². The van der Waals surface area contributed by atoms with E-state index in [1.165, 1.54) is 12.1 Å². The Kier molecular flexibility index (Phi) is 3.04. The van der Waals surface area contributed by atoms with E-state index in [0.717, 1.165) is 30.3 Å². The molecule has 0 radical (unpaired) electrons. The van der Waals surface area contributed by atoms with Crippen LogP contribution in [0.1, 0.15) is 25.5 Å². The first-order valence-corrected chi connectivity index (χ1v) is 5.52. The van der Waals surface area contributed by atoms with Crippen molar-refractivity contribution in [1.29, 1.82) is 0 Å². The lowest BCUT2D eigenvalue weighted by atomic mass is 10.1. The van der Waals surface area contributed by atoms with Crippen molar-refractivity contribution in [2.24, 2.45) is 0 Å². The molecule has 0 aliphatic heterocycles. The van der Waals surface area contributed by atoms with Crippen LogP contribution in [0.15, 0.2) is 29.1 Å². The van der Waals surface area contributed by atoms with Gasteiger partial charge in [-0.25, -0.2) is 4.39 Å². The van der Waals surface area contributed by atoms with E-state index in [-0.39, 0.29) is 11.4 Å². The zero-order valence-corrected chi connectivity index (χ0v) is 9.22. The molecule has 0 aliphatic rings. The molecule has 0 bridgehead atoms. The van der Waals surface area contributed by atoms with Crippen molar-refractivity contribution in [3.05, 3.63) is 46.1 Å². The minimum atomic E-state index is -0.376. The molecule has 0 saturated carbocycles. The summed E-state index contributed by atoms with van der Waals surface area (Å²) in [5.41, 5.74) is 0.717. The molecular formula is C13H14FNO. The minimum absolute atomic E-state index is 0.205. The Hall–Kier alpha value is -1.64.